The van der Waals surface area contributed by atoms with E-state index < -0.39 is 0 Å². The van der Waals surface area contributed by atoms with Crippen molar-refractivity contribution < 1.29 is 4.79 Å². The number of nitrogens with zero attached hydrogens (tertiary/aromatic N) is 3. The maximum absolute atomic E-state index is 12.4. The SMILES string of the molecule is CC(NC(=O)c1ccc(Cl)cc1)c1nnc(SCc2ccc(Cl)cc2Cl)n1C. The molecule has 0 saturated heterocycles. The van der Waals surface area contributed by atoms with E-state index in [0.29, 0.717) is 32.2 Å². The average Bonchev–Trinajstić information content (AvgIpc) is 3.02. The smallest absolute Gasteiger partial charge is 0.251 e. The quantitative estimate of drug-likeness (QED) is 0.494. The number of rotatable bonds is 6. The predicted octanol–water partition coefficient (Wildman–Crippen LogP) is 5.56. The van der Waals surface area contributed by atoms with Crippen LogP contribution in [-0.2, 0) is 12.8 Å². The molecule has 3 rings (SSSR count). The van der Waals surface area contributed by atoms with Crippen LogP contribution in [0.5, 0.6) is 0 Å². The van der Waals surface area contributed by atoms with Gasteiger partial charge in [0.05, 0.1) is 6.04 Å². The maximum atomic E-state index is 12.4. The zero-order valence-electron chi connectivity index (χ0n) is 15.1. The van der Waals surface area contributed by atoms with Crippen molar-refractivity contribution in [1.29, 1.82) is 0 Å². The van der Waals surface area contributed by atoms with Gasteiger partial charge in [-0.3, -0.25) is 4.79 Å². The lowest BCUT2D eigenvalue weighted by molar-refractivity contribution is 0.0937. The summed E-state index contributed by atoms with van der Waals surface area (Å²) in [4.78, 5) is 12.4. The molecule has 1 heterocycles. The van der Waals surface area contributed by atoms with Gasteiger partial charge >= 0.3 is 0 Å². The van der Waals surface area contributed by atoms with Crippen LogP contribution >= 0.6 is 46.6 Å². The molecule has 2 aromatic carbocycles. The zero-order chi connectivity index (χ0) is 20.3. The monoisotopic (exact) mass is 454 g/mol. The molecule has 9 heteroatoms. The summed E-state index contributed by atoms with van der Waals surface area (Å²) in [6.45, 7) is 1.86. The number of hydrogen-bond donors (Lipinski definition) is 1. The molecule has 28 heavy (non-hydrogen) atoms. The van der Waals surface area contributed by atoms with E-state index in [9.17, 15) is 4.79 Å². The lowest BCUT2D eigenvalue weighted by atomic mass is 10.2. The summed E-state index contributed by atoms with van der Waals surface area (Å²) in [7, 11) is 1.87. The molecule has 0 fully saturated rings. The molecule has 0 spiro atoms. The number of halogens is 3. The van der Waals surface area contributed by atoms with Crippen LogP contribution < -0.4 is 5.32 Å². The summed E-state index contributed by atoms with van der Waals surface area (Å²) >= 11 is 19.5. The molecule has 1 aromatic heterocycles. The van der Waals surface area contributed by atoms with E-state index in [0.717, 1.165) is 10.7 Å². The van der Waals surface area contributed by atoms with Gasteiger partial charge < -0.3 is 9.88 Å². The number of aromatic nitrogens is 3. The maximum Gasteiger partial charge on any atom is 0.251 e. The van der Waals surface area contributed by atoms with Crippen molar-refractivity contribution in [2.24, 2.45) is 7.05 Å². The van der Waals surface area contributed by atoms with Crippen LogP contribution in [0.4, 0.5) is 0 Å². The number of carbonyl (C=O) groups excluding carboxylic acids is 1. The van der Waals surface area contributed by atoms with Gasteiger partial charge in [0.2, 0.25) is 0 Å². The van der Waals surface area contributed by atoms with E-state index in [1.54, 1.807) is 36.4 Å². The summed E-state index contributed by atoms with van der Waals surface area (Å²) < 4.78 is 1.86. The van der Waals surface area contributed by atoms with Crippen LogP contribution in [0.25, 0.3) is 0 Å². The normalized spacial score (nSPS) is 12.0. The van der Waals surface area contributed by atoms with Gasteiger partial charge in [-0.2, -0.15) is 0 Å². The van der Waals surface area contributed by atoms with E-state index in [1.165, 1.54) is 11.8 Å². The molecule has 5 nitrogen and oxygen atoms in total. The van der Waals surface area contributed by atoms with E-state index >= 15 is 0 Å². The molecule has 3 aromatic rings. The first-order valence-corrected chi connectivity index (χ1v) is 10.5. The van der Waals surface area contributed by atoms with Gasteiger partial charge in [0.1, 0.15) is 0 Å². The third-order valence-electron chi connectivity index (χ3n) is 4.08. The van der Waals surface area contributed by atoms with Crippen molar-refractivity contribution in [3.8, 4) is 0 Å². The van der Waals surface area contributed by atoms with Crippen LogP contribution in [0.3, 0.4) is 0 Å². The van der Waals surface area contributed by atoms with Gasteiger partial charge in [-0.05, 0) is 48.9 Å². The summed E-state index contributed by atoms with van der Waals surface area (Å²) in [5, 5.41) is 13.9. The van der Waals surface area contributed by atoms with E-state index in [1.807, 2.05) is 24.6 Å². The number of hydrogen-bond acceptors (Lipinski definition) is 4. The minimum Gasteiger partial charge on any atom is -0.342 e. The second-order valence-corrected chi connectivity index (χ2v) is 8.35. The third-order valence-corrected chi connectivity index (χ3v) is 5.99. The molecule has 0 radical (unpaired) electrons. The van der Waals surface area contributed by atoms with Gasteiger partial charge in [-0.25, -0.2) is 0 Å². The topological polar surface area (TPSA) is 59.8 Å². The summed E-state index contributed by atoms with van der Waals surface area (Å²) in [6.07, 6.45) is 0. The van der Waals surface area contributed by atoms with Crippen molar-refractivity contribution in [2.75, 3.05) is 0 Å². The molecule has 0 aliphatic carbocycles. The van der Waals surface area contributed by atoms with E-state index in [4.69, 9.17) is 34.8 Å². The Bertz CT molecular complexity index is 991. The second-order valence-electron chi connectivity index (χ2n) is 6.13. The van der Waals surface area contributed by atoms with Crippen molar-refractivity contribution >= 4 is 52.5 Å². The van der Waals surface area contributed by atoms with Crippen LogP contribution in [0.1, 0.15) is 34.7 Å². The first-order chi connectivity index (χ1) is 13.3. The largest absolute Gasteiger partial charge is 0.342 e. The number of amides is 1. The van der Waals surface area contributed by atoms with Crippen LogP contribution in [0.15, 0.2) is 47.6 Å². The number of nitrogens with one attached hydrogen (secondary N) is 1. The Balaban J connectivity index is 1.66. The number of carbonyl (C=O) groups is 1. The van der Waals surface area contributed by atoms with E-state index in [-0.39, 0.29) is 11.9 Å². The Hall–Kier alpha value is -1.73. The number of thioether (sulfide) groups is 1. The standard InChI is InChI=1S/C19H17Cl3N4OS/c1-11(23-18(27)12-3-6-14(20)7-4-12)17-24-25-19(26(17)2)28-10-13-5-8-15(21)9-16(13)22/h3-9,11H,10H2,1-2H3,(H,23,27). The molecule has 146 valence electrons. The lowest BCUT2D eigenvalue weighted by Crippen LogP contribution is -2.28. The second kappa shape index (κ2) is 9.18. The van der Waals surface area contributed by atoms with Crippen LogP contribution in [-0.4, -0.2) is 20.7 Å². The summed E-state index contributed by atoms with van der Waals surface area (Å²) in [6, 6.07) is 11.8. The van der Waals surface area contributed by atoms with Crippen molar-refractivity contribution in [1.82, 2.24) is 20.1 Å². The minimum absolute atomic E-state index is 0.200. The fourth-order valence-corrected chi connectivity index (χ4v) is 4.16. The molecule has 1 unspecified atom stereocenters. The predicted molar refractivity (Wildman–Crippen MR) is 114 cm³/mol. The molecule has 1 atom stereocenters. The van der Waals surface area contributed by atoms with Gasteiger partial charge in [-0.1, -0.05) is 52.6 Å². The molecule has 1 N–H and O–H groups in total. The highest BCUT2D eigenvalue weighted by atomic mass is 35.5. The van der Waals surface area contributed by atoms with Crippen LogP contribution in [0, 0.1) is 0 Å². The molecule has 0 saturated carbocycles. The Morgan fingerprint density at radius 3 is 2.46 bits per heavy atom. The summed E-state index contributed by atoms with van der Waals surface area (Å²) in [5.41, 5.74) is 1.50. The van der Waals surface area contributed by atoms with Gasteiger partial charge in [0.25, 0.3) is 5.91 Å². The zero-order valence-corrected chi connectivity index (χ0v) is 18.2. The fourth-order valence-electron chi connectivity index (χ4n) is 2.56. The van der Waals surface area contributed by atoms with Crippen LogP contribution in [0.2, 0.25) is 15.1 Å². The van der Waals surface area contributed by atoms with Gasteiger partial charge in [-0.15, -0.1) is 10.2 Å². The fraction of sp³-hybridized carbons (Fsp3) is 0.211. The molecule has 0 aliphatic heterocycles. The highest BCUT2D eigenvalue weighted by molar-refractivity contribution is 7.98. The Morgan fingerprint density at radius 2 is 1.79 bits per heavy atom. The Kier molecular flexibility index (Phi) is 6.88. The molecule has 1 amide bonds. The summed E-state index contributed by atoms with van der Waals surface area (Å²) in [5.74, 6) is 1.09. The Morgan fingerprint density at radius 1 is 1.11 bits per heavy atom. The van der Waals surface area contributed by atoms with Crippen molar-refractivity contribution in [3.63, 3.8) is 0 Å². The van der Waals surface area contributed by atoms with E-state index in [2.05, 4.69) is 15.5 Å². The first kappa shape index (κ1) is 21.0. The first-order valence-electron chi connectivity index (χ1n) is 8.37. The average molecular weight is 456 g/mol. The number of benzene rings is 2. The third kappa shape index (κ3) is 5.00. The molecule has 0 aliphatic rings. The molecular formula is C19H17Cl3N4OS. The van der Waals surface area contributed by atoms with Gasteiger partial charge in [0.15, 0.2) is 11.0 Å². The molecular weight excluding hydrogens is 439 g/mol. The Labute approximate surface area is 182 Å². The molecule has 0 bridgehead atoms. The van der Waals surface area contributed by atoms with Crippen molar-refractivity contribution in [3.05, 3.63) is 74.5 Å². The lowest BCUT2D eigenvalue weighted by Gasteiger charge is -2.13. The highest BCUT2D eigenvalue weighted by Crippen LogP contribution is 2.28. The minimum atomic E-state index is -0.311. The highest BCUT2D eigenvalue weighted by Gasteiger charge is 2.18. The van der Waals surface area contributed by atoms with Crippen molar-refractivity contribution in [2.45, 2.75) is 23.9 Å². The van der Waals surface area contributed by atoms with Gasteiger partial charge in [0, 0.05) is 33.4 Å².